The third kappa shape index (κ3) is 6.23. The number of aryl methyl sites for hydroxylation is 1. The summed E-state index contributed by atoms with van der Waals surface area (Å²) >= 11 is 6.04. The molecule has 1 aliphatic rings. The lowest BCUT2D eigenvalue weighted by Gasteiger charge is -2.32. The van der Waals surface area contributed by atoms with Crippen molar-refractivity contribution in [2.24, 2.45) is 5.84 Å². The van der Waals surface area contributed by atoms with Gasteiger partial charge in [0.05, 0.1) is 12.7 Å². The molecule has 0 bridgehead atoms. The predicted octanol–water partition coefficient (Wildman–Crippen LogP) is -0.567. The van der Waals surface area contributed by atoms with Gasteiger partial charge in [0, 0.05) is 45.0 Å². The number of rotatable bonds is 8. The lowest BCUT2D eigenvalue weighted by Crippen LogP contribution is -2.47. The van der Waals surface area contributed by atoms with Gasteiger partial charge in [-0.25, -0.2) is 14.5 Å². The molecule has 0 saturated carbocycles. The summed E-state index contributed by atoms with van der Waals surface area (Å²) in [7, 11) is 3.28. The predicted molar refractivity (Wildman–Crippen MR) is 102 cm³/mol. The van der Waals surface area contributed by atoms with Gasteiger partial charge in [-0.1, -0.05) is 0 Å². The van der Waals surface area contributed by atoms with Crippen molar-refractivity contribution in [2.75, 3.05) is 46.9 Å². The van der Waals surface area contributed by atoms with Crippen LogP contribution in [0.1, 0.15) is 11.8 Å². The van der Waals surface area contributed by atoms with E-state index in [-0.39, 0.29) is 6.61 Å². The zero-order chi connectivity index (χ0) is 20.2. The number of nitrogens with two attached hydrogens (primary N) is 1. The Balaban J connectivity index is 1.97. The standard InChI is InChI=1S/C14H26ClN6O5P/c1-10-8-21(14(23)18-13(10)22)12-7-17-6-11(26-12)9-25-27(15,24)20(3)5-4-19(2)16/h8,11-12,17H,4-7,9,16H2,1-3H3,(H,18,22,23)/t11-,12+,27?/m0/s1. The molecule has 3 atom stereocenters. The maximum absolute atomic E-state index is 12.5. The Kier molecular flexibility index (Phi) is 7.78. The fraction of sp³-hybridized carbons (Fsp3) is 0.714. The minimum Gasteiger partial charge on any atom is -0.350 e. The summed E-state index contributed by atoms with van der Waals surface area (Å²) in [5, 5.41) is 4.58. The van der Waals surface area contributed by atoms with Crippen LogP contribution in [-0.4, -0.2) is 72.2 Å². The van der Waals surface area contributed by atoms with Crippen LogP contribution in [0.25, 0.3) is 0 Å². The number of hydrogen-bond acceptors (Lipinski definition) is 8. The van der Waals surface area contributed by atoms with Gasteiger partial charge in [0.1, 0.15) is 0 Å². The van der Waals surface area contributed by atoms with Crippen LogP contribution in [0.3, 0.4) is 0 Å². The fourth-order valence-corrected chi connectivity index (χ4v) is 3.72. The van der Waals surface area contributed by atoms with E-state index in [9.17, 15) is 14.2 Å². The Morgan fingerprint density at radius 3 is 2.78 bits per heavy atom. The number of H-pyrrole nitrogens is 1. The van der Waals surface area contributed by atoms with Crippen LogP contribution in [0, 0.1) is 6.92 Å². The Bertz CT molecular complexity index is 799. The highest BCUT2D eigenvalue weighted by Crippen LogP contribution is 2.54. The molecule has 0 aliphatic carbocycles. The molecule has 13 heteroatoms. The minimum atomic E-state index is -3.52. The van der Waals surface area contributed by atoms with Gasteiger partial charge in [-0.05, 0) is 25.2 Å². The maximum Gasteiger partial charge on any atom is 0.362 e. The van der Waals surface area contributed by atoms with Gasteiger partial charge in [-0.15, -0.1) is 0 Å². The van der Waals surface area contributed by atoms with Crippen molar-refractivity contribution in [1.82, 2.24) is 24.5 Å². The number of likely N-dealkylation sites (N-methyl/N-ethyl adjacent to an activating group) is 2. The summed E-state index contributed by atoms with van der Waals surface area (Å²) in [4.78, 5) is 25.8. The quantitative estimate of drug-likeness (QED) is 0.285. The molecule has 0 spiro atoms. The molecule has 0 amide bonds. The molecule has 0 radical (unpaired) electrons. The summed E-state index contributed by atoms with van der Waals surface area (Å²) in [5.41, 5.74) is -0.602. The van der Waals surface area contributed by atoms with Crippen LogP contribution in [0.15, 0.2) is 15.8 Å². The van der Waals surface area contributed by atoms with E-state index >= 15 is 0 Å². The number of halogens is 1. The Labute approximate surface area is 161 Å². The van der Waals surface area contributed by atoms with E-state index in [1.54, 1.807) is 21.0 Å². The highest BCUT2D eigenvalue weighted by Gasteiger charge is 2.30. The van der Waals surface area contributed by atoms with Crippen LogP contribution in [0.5, 0.6) is 0 Å². The normalized spacial score (nSPS) is 22.9. The van der Waals surface area contributed by atoms with Crippen LogP contribution in [0.4, 0.5) is 0 Å². The SMILES string of the molecule is Cc1cn([C@H]2CNC[C@@H](COP(=O)(Cl)N(C)CCN(C)N)O2)c(=O)[nH]c1=O. The number of nitrogens with zero attached hydrogens (tertiary/aromatic N) is 3. The van der Waals surface area contributed by atoms with E-state index in [2.05, 4.69) is 10.3 Å². The maximum atomic E-state index is 12.5. The number of aromatic amines is 1. The molecule has 27 heavy (non-hydrogen) atoms. The molecule has 1 aromatic rings. The summed E-state index contributed by atoms with van der Waals surface area (Å²) in [5.74, 6) is 5.53. The fourth-order valence-electron chi connectivity index (χ4n) is 2.44. The molecule has 1 unspecified atom stereocenters. The van der Waals surface area contributed by atoms with Crippen molar-refractivity contribution in [1.29, 1.82) is 0 Å². The number of morpholine rings is 1. The second kappa shape index (κ2) is 9.44. The monoisotopic (exact) mass is 424 g/mol. The summed E-state index contributed by atoms with van der Waals surface area (Å²) in [6.07, 6.45) is 0.342. The molecular formula is C14H26ClN6O5P. The summed E-state index contributed by atoms with van der Waals surface area (Å²) < 4.78 is 26.5. The summed E-state index contributed by atoms with van der Waals surface area (Å²) in [6.45, 7) is -0.289. The van der Waals surface area contributed by atoms with E-state index < -0.39 is 30.5 Å². The third-order valence-electron chi connectivity index (χ3n) is 4.10. The highest BCUT2D eigenvalue weighted by molar-refractivity contribution is 7.83. The van der Waals surface area contributed by atoms with E-state index in [0.717, 1.165) is 0 Å². The second-order valence-corrected chi connectivity index (χ2v) is 9.58. The minimum absolute atomic E-state index is 0.0236. The summed E-state index contributed by atoms with van der Waals surface area (Å²) in [6, 6.07) is 0. The van der Waals surface area contributed by atoms with Crippen LogP contribution in [0.2, 0.25) is 0 Å². The molecule has 4 N–H and O–H groups in total. The average molecular weight is 425 g/mol. The van der Waals surface area contributed by atoms with Gasteiger partial charge in [0.25, 0.3) is 5.56 Å². The first-order chi connectivity index (χ1) is 12.6. The smallest absolute Gasteiger partial charge is 0.350 e. The zero-order valence-electron chi connectivity index (χ0n) is 15.6. The number of hydrazine groups is 1. The van der Waals surface area contributed by atoms with Gasteiger partial charge >= 0.3 is 12.6 Å². The van der Waals surface area contributed by atoms with Crippen molar-refractivity contribution in [3.8, 4) is 0 Å². The number of aromatic nitrogens is 2. The number of ether oxygens (including phenoxy) is 1. The first-order valence-corrected chi connectivity index (χ1v) is 10.9. The van der Waals surface area contributed by atoms with E-state index in [0.29, 0.717) is 31.7 Å². The molecule has 0 aromatic carbocycles. The molecule has 2 heterocycles. The van der Waals surface area contributed by atoms with Gasteiger partial charge in [-0.2, -0.15) is 0 Å². The van der Waals surface area contributed by atoms with Crippen molar-refractivity contribution >= 4 is 18.1 Å². The largest absolute Gasteiger partial charge is 0.362 e. The molecule has 1 aromatic heterocycles. The van der Waals surface area contributed by atoms with Crippen molar-refractivity contribution in [3.63, 3.8) is 0 Å². The van der Waals surface area contributed by atoms with Gasteiger partial charge in [-0.3, -0.25) is 24.8 Å². The second-order valence-electron chi connectivity index (χ2n) is 6.46. The van der Waals surface area contributed by atoms with Crippen LogP contribution in [-0.2, 0) is 13.8 Å². The molecule has 2 rings (SSSR count). The molecule has 1 saturated heterocycles. The first-order valence-electron chi connectivity index (χ1n) is 8.40. The van der Waals surface area contributed by atoms with E-state index in [1.165, 1.54) is 20.4 Å². The van der Waals surface area contributed by atoms with Gasteiger partial charge < -0.3 is 14.6 Å². The Morgan fingerprint density at radius 2 is 2.11 bits per heavy atom. The van der Waals surface area contributed by atoms with Crippen molar-refractivity contribution < 1.29 is 13.8 Å². The van der Waals surface area contributed by atoms with Crippen LogP contribution >= 0.6 is 18.1 Å². The number of hydrogen-bond donors (Lipinski definition) is 3. The first kappa shape index (κ1) is 22.3. The van der Waals surface area contributed by atoms with E-state index in [4.69, 9.17) is 26.3 Å². The zero-order valence-corrected chi connectivity index (χ0v) is 17.2. The average Bonchev–Trinajstić information content (AvgIpc) is 2.61. The van der Waals surface area contributed by atoms with Gasteiger partial charge in [0.2, 0.25) is 0 Å². The lowest BCUT2D eigenvalue weighted by molar-refractivity contribution is -0.0933. The molecule has 1 fully saturated rings. The Morgan fingerprint density at radius 1 is 1.41 bits per heavy atom. The molecule has 154 valence electrons. The Hall–Kier alpha value is -1.04. The molecule has 1 aliphatic heterocycles. The van der Waals surface area contributed by atoms with E-state index in [1.807, 2.05) is 0 Å². The number of nitrogens with one attached hydrogen (secondary N) is 2. The topological polar surface area (TPSA) is 135 Å². The highest BCUT2D eigenvalue weighted by atomic mass is 35.7. The van der Waals surface area contributed by atoms with Crippen LogP contribution < -0.4 is 22.4 Å². The molecular weight excluding hydrogens is 399 g/mol. The van der Waals surface area contributed by atoms with Gasteiger partial charge in [0.15, 0.2) is 6.23 Å². The van der Waals surface area contributed by atoms with Crippen molar-refractivity contribution in [3.05, 3.63) is 32.6 Å². The van der Waals surface area contributed by atoms with Crippen molar-refractivity contribution in [2.45, 2.75) is 19.3 Å². The molecule has 11 nitrogen and oxygen atoms in total. The lowest BCUT2D eigenvalue weighted by atomic mass is 10.3. The third-order valence-corrected chi connectivity index (χ3v) is 6.65.